The van der Waals surface area contributed by atoms with Crippen molar-refractivity contribution in [3.05, 3.63) is 30.5 Å². The highest BCUT2D eigenvalue weighted by Gasteiger charge is 2.44. The Kier molecular flexibility index (Phi) is 2.79. The van der Waals surface area contributed by atoms with Crippen LogP contribution in [0.25, 0.3) is 10.9 Å². The highest BCUT2D eigenvalue weighted by atomic mass is 16.6. The Morgan fingerprint density at radius 2 is 2.00 bits per heavy atom. The molecule has 0 bridgehead atoms. The third-order valence-electron chi connectivity index (χ3n) is 3.26. The van der Waals surface area contributed by atoms with E-state index in [-0.39, 0.29) is 6.61 Å². The first-order chi connectivity index (χ1) is 8.72. The largest absolute Gasteiger partial charge is 0.394 e. The van der Waals surface area contributed by atoms with Gasteiger partial charge in [-0.1, -0.05) is 18.2 Å². The number of benzene rings is 1. The van der Waals surface area contributed by atoms with Crippen LogP contribution in [-0.4, -0.2) is 50.0 Å². The van der Waals surface area contributed by atoms with Crippen LogP contribution in [0.4, 0.5) is 0 Å². The summed E-state index contributed by atoms with van der Waals surface area (Å²) in [5.41, 5.74) is 0.812. The maximum atomic E-state index is 9.94. The van der Waals surface area contributed by atoms with Gasteiger partial charge in [-0.15, -0.1) is 0 Å². The van der Waals surface area contributed by atoms with Crippen LogP contribution in [0.1, 0.15) is 6.23 Å². The minimum atomic E-state index is -1.11. The van der Waals surface area contributed by atoms with Crippen LogP contribution in [0.2, 0.25) is 0 Å². The number of rotatable bonds is 2. The van der Waals surface area contributed by atoms with E-state index in [1.807, 2.05) is 24.3 Å². The van der Waals surface area contributed by atoms with E-state index in [0.29, 0.717) is 0 Å². The Morgan fingerprint density at radius 1 is 1.22 bits per heavy atom. The van der Waals surface area contributed by atoms with E-state index < -0.39 is 24.5 Å². The minimum absolute atomic E-state index is 0.339. The summed E-state index contributed by atoms with van der Waals surface area (Å²) in [6, 6.07) is 7.52. The second-order valence-corrected chi connectivity index (χ2v) is 4.38. The van der Waals surface area contributed by atoms with Crippen molar-refractivity contribution >= 4 is 10.9 Å². The molecule has 96 valence electrons. The van der Waals surface area contributed by atoms with Gasteiger partial charge >= 0.3 is 0 Å². The number of aromatic nitrogens is 2. The Balaban J connectivity index is 2.00. The van der Waals surface area contributed by atoms with E-state index in [2.05, 4.69) is 5.10 Å². The fourth-order valence-electron chi connectivity index (χ4n) is 2.28. The standard InChI is InChI=1S/C12H14N2O4/c15-6-9-10(16)11(17)12(18-9)14-8-4-2-1-3-7(8)5-13-14/h1-5,9-12,15-17H,6H2/t9-,10?,11?,12-/m1/s1. The summed E-state index contributed by atoms with van der Waals surface area (Å²) in [6.07, 6.45) is -2.11. The summed E-state index contributed by atoms with van der Waals surface area (Å²) in [5.74, 6) is 0. The number of ether oxygens (including phenoxy) is 1. The molecular formula is C12H14N2O4. The van der Waals surface area contributed by atoms with Gasteiger partial charge in [0.25, 0.3) is 0 Å². The maximum Gasteiger partial charge on any atom is 0.179 e. The average Bonchev–Trinajstić information content (AvgIpc) is 2.93. The zero-order valence-corrected chi connectivity index (χ0v) is 9.55. The van der Waals surface area contributed by atoms with E-state index in [9.17, 15) is 10.2 Å². The fraction of sp³-hybridized carbons (Fsp3) is 0.417. The summed E-state index contributed by atoms with van der Waals surface area (Å²) >= 11 is 0. The van der Waals surface area contributed by atoms with Gasteiger partial charge in [0.15, 0.2) is 6.23 Å². The molecule has 2 unspecified atom stereocenters. The normalized spacial score (nSPS) is 32.2. The van der Waals surface area contributed by atoms with Crippen LogP contribution in [0, 0.1) is 0 Å². The lowest BCUT2D eigenvalue weighted by Gasteiger charge is -2.16. The number of hydrogen-bond acceptors (Lipinski definition) is 5. The molecule has 1 aliphatic heterocycles. The molecule has 1 aromatic heterocycles. The molecule has 0 aliphatic carbocycles. The summed E-state index contributed by atoms with van der Waals surface area (Å²) in [7, 11) is 0. The monoisotopic (exact) mass is 250 g/mol. The third-order valence-corrected chi connectivity index (χ3v) is 3.26. The van der Waals surface area contributed by atoms with Crippen LogP contribution in [0.3, 0.4) is 0 Å². The molecule has 18 heavy (non-hydrogen) atoms. The molecule has 1 aromatic carbocycles. The van der Waals surface area contributed by atoms with Crippen LogP contribution in [-0.2, 0) is 4.74 Å². The third kappa shape index (κ3) is 1.62. The molecule has 4 atom stereocenters. The van der Waals surface area contributed by atoms with Gasteiger partial charge in [0, 0.05) is 5.39 Å². The number of para-hydroxylation sites is 1. The van der Waals surface area contributed by atoms with Crippen molar-refractivity contribution in [3.8, 4) is 0 Å². The van der Waals surface area contributed by atoms with Gasteiger partial charge in [-0.25, -0.2) is 4.68 Å². The zero-order valence-electron chi connectivity index (χ0n) is 9.55. The zero-order chi connectivity index (χ0) is 12.7. The van der Waals surface area contributed by atoms with Crippen molar-refractivity contribution in [3.63, 3.8) is 0 Å². The van der Waals surface area contributed by atoms with Gasteiger partial charge in [-0.3, -0.25) is 0 Å². The van der Waals surface area contributed by atoms with Crippen LogP contribution in [0.15, 0.2) is 30.5 Å². The maximum absolute atomic E-state index is 9.94. The van der Waals surface area contributed by atoms with Gasteiger partial charge in [0.2, 0.25) is 0 Å². The smallest absolute Gasteiger partial charge is 0.179 e. The lowest BCUT2D eigenvalue weighted by molar-refractivity contribution is -0.0564. The van der Waals surface area contributed by atoms with Crippen molar-refractivity contribution in [2.45, 2.75) is 24.5 Å². The molecule has 1 fully saturated rings. The Hall–Kier alpha value is -1.47. The first-order valence-electron chi connectivity index (χ1n) is 5.77. The first kappa shape index (κ1) is 11.6. The van der Waals surface area contributed by atoms with Gasteiger partial charge in [0.05, 0.1) is 18.3 Å². The second kappa shape index (κ2) is 4.33. The van der Waals surface area contributed by atoms with Gasteiger partial charge in [0.1, 0.15) is 18.3 Å². The molecule has 0 saturated carbocycles. The molecule has 3 rings (SSSR count). The van der Waals surface area contributed by atoms with Crippen molar-refractivity contribution in [1.29, 1.82) is 0 Å². The van der Waals surface area contributed by atoms with Crippen molar-refractivity contribution in [2.24, 2.45) is 0 Å². The van der Waals surface area contributed by atoms with Crippen LogP contribution in [0.5, 0.6) is 0 Å². The molecule has 1 saturated heterocycles. The second-order valence-electron chi connectivity index (χ2n) is 4.38. The topological polar surface area (TPSA) is 87.7 Å². The number of fused-ring (bicyclic) bond motifs is 1. The van der Waals surface area contributed by atoms with E-state index in [4.69, 9.17) is 9.84 Å². The highest BCUT2D eigenvalue weighted by Crippen LogP contribution is 2.31. The number of hydrogen-bond donors (Lipinski definition) is 3. The summed E-state index contributed by atoms with van der Waals surface area (Å²) in [6.45, 7) is -0.339. The van der Waals surface area contributed by atoms with Gasteiger partial charge < -0.3 is 20.1 Å². The fourth-order valence-corrected chi connectivity index (χ4v) is 2.28. The van der Waals surface area contributed by atoms with E-state index >= 15 is 0 Å². The molecule has 2 aromatic rings. The van der Waals surface area contributed by atoms with Crippen molar-refractivity contribution in [1.82, 2.24) is 9.78 Å². The summed E-state index contributed by atoms with van der Waals surface area (Å²) < 4.78 is 6.96. The molecule has 1 aliphatic rings. The Bertz CT molecular complexity index is 556. The summed E-state index contributed by atoms with van der Waals surface area (Å²) in [5, 5.41) is 33.8. The Labute approximate surface area is 103 Å². The van der Waals surface area contributed by atoms with Crippen LogP contribution >= 0.6 is 0 Å². The molecule has 0 amide bonds. The van der Waals surface area contributed by atoms with Gasteiger partial charge in [-0.05, 0) is 6.07 Å². The SMILES string of the molecule is OC[C@H]1O[C@@H](n2ncc3ccccc32)C(O)C1O. The molecule has 6 heteroatoms. The van der Waals surface area contributed by atoms with E-state index in [1.165, 1.54) is 4.68 Å². The van der Waals surface area contributed by atoms with E-state index in [1.54, 1.807) is 6.20 Å². The molecule has 2 heterocycles. The highest BCUT2D eigenvalue weighted by molar-refractivity contribution is 5.78. The molecule has 3 N–H and O–H groups in total. The van der Waals surface area contributed by atoms with Crippen LogP contribution < -0.4 is 0 Å². The first-order valence-corrected chi connectivity index (χ1v) is 5.77. The summed E-state index contributed by atoms with van der Waals surface area (Å²) in [4.78, 5) is 0. The van der Waals surface area contributed by atoms with Crippen molar-refractivity contribution < 1.29 is 20.1 Å². The lowest BCUT2D eigenvalue weighted by atomic mass is 10.1. The predicted octanol–water partition coefficient (Wildman–Crippen LogP) is -0.352. The number of nitrogens with zero attached hydrogens (tertiary/aromatic N) is 2. The van der Waals surface area contributed by atoms with Gasteiger partial charge in [-0.2, -0.15) is 5.10 Å². The Morgan fingerprint density at radius 3 is 2.72 bits per heavy atom. The van der Waals surface area contributed by atoms with E-state index in [0.717, 1.165) is 10.9 Å². The lowest BCUT2D eigenvalue weighted by Crippen LogP contribution is -2.33. The molecule has 0 spiro atoms. The van der Waals surface area contributed by atoms with Crippen molar-refractivity contribution in [2.75, 3.05) is 6.61 Å². The average molecular weight is 250 g/mol. The number of aliphatic hydroxyl groups excluding tert-OH is 3. The molecule has 6 nitrogen and oxygen atoms in total. The quantitative estimate of drug-likeness (QED) is 0.678. The molecule has 0 radical (unpaired) electrons. The number of aliphatic hydroxyl groups is 3. The molecular weight excluding hydrogens is 236 g/mol. The minimum Gasteiger partial charge on any atom is -0.394 e. The predicted molar refractivity (Wildman–Crippen MR) is 62.7 cm³/mol.